The van der Waals surface area contributed by atoms with E-state index in [1.54, 1.807) is 25.1 Å². The first-order chi connectivity index (χ1) is 19.1. The molecule has 40 heavy (non-hydrogen) atoms. The molecular weight excluding hydrogens is 509 g/mol. The number of hydrogen-bond acceptors (Lipinski definition) is 5. The van der Waals surface area contributed by atoms with Gasteiger partial charge in [0.15, 0.2) is 5.96 Å². The first-order valence-electron chi connectivity index (χ1n) is 14.1. The number of methoxy groups -OCH3 is 1. The third kappa shape index (κ3) is 5.57. The van der Waals surface area contributed by atoms with Gasteiger partial charge in [-0.05, 0) is 79.2 Å². The van der Waals surface area contributed by atoms with Gasteiger partial charge in [-0.25, -0.2) is 14.4 Å². The summed E-state index contributed by atoms with van der Waals surface area (Å²) in [5, 5.41) is 17.0. The van der Waals surface area contributed by atoms with Gasteiger partial charge in [0.05, 0.1) is 36.5 Å². The molecule has 1 aromatic heterocycles. The van der Waals surface area contributed by atoms with Gasteiger partial charge in [0.2, 0.25) is 0 Å². The van der Waals surface area contributed by atoms with Crippen LogP contribution < -0.4 is 20.9 Å². The van der Waals surface area contributed by atoms with E-state index in [4.69, 9.17) is 9.73 Å². The van der Waals surface area contributed by atoms with Crippen LogP contribution in [0.4, 0.5) is 10.1 Å². The predicted molar refractivity (Wildman–Crippen MR) is 156 cm³/mol. The number of hydrogen-bond donors (Lipinski definition) is 3. The number of halogens is 1. The third-order valence-corrected chi connectivity index (χ3v) is 9.14. The van der Waals surface area contributed by atoms with E-state index in [0.29, 0.717) is 70.9 Å². The molecule has 3 fully saturated rings. The van der Waals surface area contributed by atoms with Gasteiger partial charge >= 0.3 is 0 Å². The van der Waals surface area contributed by atoms with Crippen molar-refractivity contribution in [2.24, 2.45) is 28.2 Å². The molecule has 0 saturated heterocycles. The number of aliphatic hydroxyl groups excluding tert-OH is 1. The zero-order valence-electron chi connectivity index (χ0n) is 23.9. The molecule has 1 heterocycles. The van der Waals surface area contributed by atoms with Gasteiger partial charge in [-0.15, -0.1) is 0 Å². The van der Waals surface area contributed by atoms with Crippen LogP contribution >= 0.6 is 0 Å². The number of aryl methyl sites for hydroxylation is 2. The molecule has 8 nitrogen and oxygen atoms in total. The summed E-state index contributed by atoms with van der Waals surface area (Å²) >= 11 is 0. The van der Waals surface area contributed by atoms with Crippen LogP contribution in [0.2, 0.25) is 0 Å². The molecule has 9 heteroatoms. The summed E-state index contributed by atoms with van der Waals surface area (Å²) in [6.45, 7) is 9.47. The second-order valence-corrected chi connectivity index (χ2v) is 12.0. The number of aliphatic imine (C=N–C) groups is 1. The highest BCUT2D eigenvalue weighted by Gasteiger charge is 2.56. The second-order valence-electron chi connectivity index (χ2n) is 12.0. The Morgan fingerprint density at radius 1 is 1.27 bits per heavy atom. The predicted octanol–water partition coefficient (Wildman–Crippen LogP) is 4.60. The Hall–Kier alpha value is -3.46. The molecule has 0 amide bonds. The standard InChI is InChI=1S/C31H40FN5O3/c1-18(38)16-33-30(36-27-13-21-12-25(19(27)2)31(21,3)4)35-22-7-9-24-28(14-22)34-17-37(29(24)39)11-10-20-6-8-23(40-5)15-26(20)32/h6-9,14-15,17-19,21,25,27,38H,10-13,16H2,1-5H3,(H2,33,35,36)/t18?,19-,21-,25+,27-/m0/s1. The molecule has 2 aromatic carbocycles. The fourth-order valence-electron chi connectivity index (χ4n) is 6.46. The topological polar surface area (TPSA) is 101 Å². The zero-order valence-corrected chi connectivity index (χ0v) is 23.9. The minimum Gasteiger partial charge on any atom is -0.497 e. The maximum Gasteiger partial charge on any atom is 0.261 e. The van der Waals surface area contributed by atoms with Crippen molar-refractivity contribution in [3.05, 3.63) is 64.5 Å². The molecule has 3 aliphatic rings. The number of benzene rings is 2. The van der Waals surface area contributed by atoms with E-state index in [0.717, 1.165) is 12.1 Å². The van der Waals surface area contributed by atoms with Gasteiger partial charge < -0.3 is 20.5 Å². The summed E-state index contributed by atoms with van der Waals surface area (Å²) in [4.78, 5) is 22.7. The smallest absolute Gasteiger partial charge is 0.261 e. The minimum atomic E-state index is -0.522. The maximum atomic E-state index is 14.3. The van der Waals surface area contributed by atoms with Crippen LogP contribution in [0.15, 0.2) is 52.5 Å². The summed E-state index contributed by atoms with van der Waals surface area (Å²) in [6, 6.07) is 10.4. The Morgan fingerprint density at radius 2 is 2.08 bits per heavy atom. The number of anilines is 1. The van der Waals surface area contributed by atoms with Gasteiger partial charge in [0, 0.05) is 24.8 Å². The molecule has 6 rings (SSSR count). The van der Waals surface area contributed by atoms with Crippen molar-refractivity contribution in [2.75, 3.05) is 19.0 Å². The minimum absolute atomic E-state index is 0.176. The molecule has 5 atom stereocenters. The van der Waals surface area contributed by atoms with Crippen molar-refractivity contribution in [3.63, 3.8) is 0 Å². The van der Waals surface area contributed by atoms with Gasteiger partial charge in [0.25, 0.3) is 5.56 Å². The molecule has 0 aliphatic heterocycles. The summed E-state index contributed by atoms with van der Waals surface area (Å²) in [5.74, 6) is 2.56. The van der Waals surface area contributed by atoms with Gasteiger partial charge in [-0.1, -0.05) is 26.8 Å². The fraction of sp³-hybridized carbons (Fsp3) is 0.516. The fourth-order valence-corrected chi connectivity index (χ4v) is 6.46. The maximum absolute atomic E-state index is 14.3. The molecular formula is C31H40FN5O3. The molecule has 1 unspecified atom stereocenters. The number of aliphatic hydroxyl groups is 1. The third-order valence-electron chi connectivity index (χ3n) is 9.14. The lowest BCUT2D eigenvalue weighted by molar-refractivity contribution is -0.108. The number of nitrogens with zero attached hydrogens (tertiary/aromatic N) is 3. The Kier molecular flexibility index (Phi) is 7.86. The lowest BCUT2D eigenvalue weighted by atomic mass is 9.45. The average Bonchev–Trinajstić information content (AvgIpc) is 2.92. The summed E-state index contributed by atoms with van der Waals surface area (Å²) in [6.07, 6.45) is 3.69. The first-order valence-corrected chi connectivity index (χ1v) is 14.1. The highest BCUT2D eigenvalue weighted by atomic mass is 19.1. The van der Waals surface area contributed by atoms with E-state index in [1.807, 2.05) is 12.1 Å². The van der Waals surface area contributed by atoms with Crippen LogP contribution in [-0.4, -0.2) is 46.4 Å². The van der Waals surface area contributed by atoms with Crippen LogP contribution in [0.25, 0.3) is 10.9 Å². The highest BCUT2D eigenvalue weighted by molar-refractivity contribution is 5.95. The number of guanidine groups is 1. The van der Waals surface area contributed by atoms with E-state index < -0.39 is 6.10 Å². The van der Waals surface area contributed by atoms with Crippen molar-refractivity contribution in [2.45, 2.75) is 65.6 Å². The lowest BCUT2D eigenvalue weighted by Gasteiger charge is -2.61. The number of rotatable bonds is 8. The average molecular weight is 550 g/mol. The van der Waals surface area contributed by atoms with Crippen molar-refractivity contribution in [3.8, 4) is 5.75 Å². The van der Waals surface area contributed by atoms with Crippen LogP contribution in [0.3, 0.4) is 0 Å². The molecule has 3 saturated carbocycles. The summed E-state index contributed by atoms with van der Waals surface area (Å²) in [5.41, 5.74) is 2.03. The monoisotopic (exact) mass is 549 g/mol. The molecule has 3 N–H and O–H groups in total. The lowest BCUT2D eigenvalue weighted by Crippen LogP contribution is -2.56. The van der Waals surface area contributed by atoms with E-state index in [-0.39, 0.29) is 17.4 Å². The number of ether oxygens (including phenoxy) is 1. The van der Waals surface area contributed by atoms with Crippen molar-refractivity contribution in [1.82, 2.24) is 14.9 Å². The quantitative estimate of drug-likeness (QED) is 0.281. The zero-order chi connectivity index (χ0) is 28.6. The number of aromatic nitrogens is 2. The Bertz CT molecular complexity index is 1470. The van der Waals surface area contributed by atoms with E-state index >= 15 is 0 Å². The second kappa shape index (κ2) is 11.2. The van der Waals surface area contributed by atoms with E-state index in [1.165, 1.54) is 30.5 Å². The Labute approximate surface area is 234 Å². The number of nitrogens with one attached hydrogen (secondary N) is 2. The summed E-state index contributed by atoms with van der Waals surface area (Å²) in [7, 11) is 1.50. The van der Waals surface area contributed by atoms with Gasteiger partial charge in [-0.2, -0.15) is 0 Å². The van der Waals surface area contributed by atoms with Crippen molar-refractivity contribution in [1.29, 1.82) is 0 Å². The normalized spacial score (nSPS) is 24.3. The highest BCUT2D eigenvalue weighted by Crippen LogP contribution is 2.61. The molecule has 3 aromatic rings. The van der Waals surface area contributed by atoms with Gasteiger partial charge in [-0.3, -0.25) is 9.36 Å². The van der Waals surface area contributed by atoms with Crippen LogP contribution in [0.5, 0.6) is 5.75 Å². The Morgan fingerprint density at radius 3 is 2.75 bits per heavy atom. The van der Waals surface area contributed by atoms with E-state index in [9.17, 15) is 14.3 Å². The van der Waals surface area contributed by atoms with Crippen molar-refractivity contribution < 1.29 is 14.2 Å². The molecule has 2 bridgehead atoms. The molecule has 0 radical (unpaired) electrons. The van der Waals surface area contributed by atoms with Crippen LogP contribution in [-0.2, 0) is 13.0 Å². The SMILES string of the molecule is COc1ccc(CCn2cnc3cc(N/C(=N/[C@H]4C[C@@H]5C[C@H]([C@@H]4C)C5(C)C)NCC(C)O)ccc3c2=O)c(F)c1. The summed E-state index contributed by atoms with van der Waals surface area (Å²) < 4.78 is 20.9. The number of fused-ring (bicyclic) bond motifs is 3. The largest absolute Gasteiger partial charge is 0.497 e. The molecule has 3 aliphatic carbocycles. The molecule has 0 spiro atoms. The van der Waals surface area contributed by atoms with Crippen LogP contribution in [0, 0.1) is 29.0 Å². The van der Waals surface area contributed by atoms with E-state index in [2.05, 4.69) is 36.4 Å². The van der Waals surface area contributed by atoms with Gasteiger partial charge in [0.1, 0.15) is 11.6 Å². The van der Waals surface area contributed by atoms with Crippen LogP contribution in [0.1, 0.15) is 46.1 Å². The first kappa shape index (κ1) is 28.1. The Balaban J connectivity index is 1.32. The van der Waals surface area contributed by atoms with Crippen molar-refractivity contribution >= 4 is 22.5 Å². The molecule has 214 valence electrons.